The van der Waals surface area contributed by atoms with Crippen molar-refractivity contribution in [3.05, 3.63) is 53.5 Å². The van der Waals surface area contributed by atoms with E-state index < -0.39 is 0 Å². The van der Waals surface area contributed by atoms with Crippen molar-refractivity contribution in [3.63, 3.8) is 0 Å². The quantitative estimate of drug-likeness (QED) is 0.655. The zero-order valence-electron chi connectivity index (χ0n) is 17.8. The summed E-state index contributed by atoms with van der Waals surface area (Å²) in [6.07, 6.45) is 4.91. The molecule has 0 spiro atoms. The van der Waals surface area contributed by atoms with Crippen molar-refractivity contribution >= 4 is 28.5 Å². The Balaban J connectivity index is 1.37. The number of piperidine rings is 1. The average Bonchev–Trinajstić information content (AvgIpc) is 3.16. The van der Waals surface area contributed by atoms with Gasteiger partial charge in [-0.15, -0.1) is 0 Å². The summed E-state index contributed by atoms with van der Waals surface area (Å²) in [6.45, 7) is 4.73. The molecular weight excluding hydrogens is 415 g/mol. The monoisotopic (exact) mass is 442 g/mol. The van der Waals surface area contributed by atoms with Crippen molar-refractivity contribution in [1.29, 1.82) is 0 Å². The summed E-state index contributed by atoms with van der Waals surface area (Å²) in [4.78, 5) is 30.0. The van der Waals surface area contributed by atoms with Gasteiger partial charge in [-0.3, -0.25) is 9.59 Å². The molecule has 1 aromatic carbocycles. The molecule has 0 amide bonds. The number of rotatable bonds is 6. The molecule has 2 aliphatic rings. The van der Waals surface area contributed by atoms with Gasteiger partial charge < -0.3 is 9.64 Å². The predicted octanol–water partition coefficient (Wildman–Crippen LogP) is 4.54. The summed E-state index contributed by atoms with van der Waals surface area (Å²) in [5, 5.41) is -0.328. The number of nitrogens with zero attached hydrogens (tertiary/aromatic N) is 2. The zero-order valence-corrected chi connectivity index (χ0v) is 18.7. The van der Waals surface area contributed by atoms with Crippen LogP contribution in [0.3, 0.4) is 0 Å². The Kier molecular flexibility index (Phi) is 6.60. The highest BCUT2D eigenvalue weighted by Gasteiger charge is 2.34. The van der Waals surface area contributed by atoms with E-state index in [0.717, 1.165) is 62.1 Å². The molecule has 31 heavy (non-hydrogen) atoms. The van der Waals surface area contributed by atoms with Crippen molar-refractivity contribution in [2.75, 3.05) is 18.0 Å². The first-order chi connectivity index (χ1) is 14.9. The molecule has 2 aromatic rings. The van der Waals surface area contributed by atoms with E-state index in [2.05, 4.69) is 22.0 Å². The fraction of sp³-hybridized carbons (Fsp3) is 0.458. The van der Waals surface area contributed by atoms with Crippen LogP contribution in [0.25, 0.3) is 0 Å². The smallest absolute Gasteiger partial charge is 0.186 e. The maximum Gasteiger partial charge on any atom is 0.186 e. The number of anilines is 1. The van der Waals surface area contributed by atoms with Gasteiger partial charge >= 0.3 is 0 Å². The van der Waals surface area contributed by atoms with Gasteiger partial charge in [0.1, 0.15) is 29.3 Å². The summed E-state index contributed by atoms with van der Waals surface area (Å²) in [5.41, 5.74) is 2.38. The second-order valence-corrected chi connectivity index (χ2v) is 9.60. The van der Waals surface area contributed by atoms with E-state index in [4.69, 9.17) is 4.74 Å². The van der Waals surface area contributed by atoms with Crippen molar-refractivity contribution in [2.45, 2.75) is 56.8 Å². The zero-order chi connectivity index (χ0) is 22.0. The van der Waals surface area contributed by atoms with E-state index in [9.17, 15) is 14.0 Å². The highest BCUT2D eigenvalue weighted by Crippen LogP contribution is 2.42. The Morgan fingerprint density at radius 2 is 1.94 bits per heavy atom. The summed E-state index contributed by atoms with van der Waals surface area (Å²) in [6, 6.07) is 9.30. The standard InChI is InChI=1S/C24H27FN2O3S/c1-15(28)24(31-16(2)29)22-6-3-17-13-20(5-7-21(17)22)30-19-9-11-27(12-10-19)23-8-4-18(25)14-26-23/h4-5,7-8,13-14,19,22,24H,3,6,9-12H2,1-2H3/t22-,24?/m1/s1. The first-order valence-corrected chi connectivity index (χ1v) is 11.6. The molecule has 1 saturated heterocycles. The van der Waals surface area contributed by atoms with Crippen LogP contribution in [0.15, 0.2) is 36.5 Å². The Morgan fingerprint density at radius 1 is 1.16 bits per heavy atom. The number of aromatic nitrogens is 1. The molecule has 4 rings (SSSR count). The van der Waals surface area contributed by atoms with E-state index in [0.29, 0.717) is 0 Å². The molecule has 1 unspecified atom stereocenters. The van der Waals surface area contributed by atoms with Crippen molar-refractivity contribution in [3.8, 4) is 5.75 Å². The van der Waals surface area contributed by atoms with Gasteiger partial charge in [-0.25, -0.2) is 9.37 Å². The highest BCUT2D eigenvalue weighted by atomic mass is 32.2. The summed E-state index contributed by atoms with van der Waals surface area (Å²) in [5.74, 6) is 1.47. The number of pyridine rings is 1. The normalized spacial score (nSPS) is 19.7. The molecular formula is C24H27FN2O3S. The van der Waals surface area contributed by atoms with Gasteiger partial charge in [-0.2, -0.15) is 0 Å². The highest BCUT2D eigenvalue weighted by molar-refractivity contribution is 8.14. The lowest BCUT2D eigenvalue weighted by atomic mass is 9.95. The number of hydrogen-bond donors (Lipinski definition) is 0. The lowest BCUT2D eigenvalue weighted by Gasteiger charge is -2.33. The third-order valence-electron chi connectivity index (χ3n) is 6.08. The Hall–Kier alpha value is -2.41. The molecule has 1 aliphatic heterocycles. The van der Waals surface area contributed by atoms with Crippen LogP contribution in [0.2, 0.25) is 0 Å². The third kappa shape index (κ3) is 5.09. The van der Waals surface area contributed by atoms with E-state index in [-0.39, 0.29) is 34.0 Å². The molecule has 0 saturated carbocycles. The number of Topliss-reactive ketones (excluding diaryl/α,β-unsaturated/α-hetero) is 1. The SMILES string of the molecule is CC(=O)SC(C(C)=O)[C@@H]1CCc2cc(OC3CCN(c4ccc(F)cn4)CC3)ccc21. The van der Waals surface area contributed by atoms with Crippen LogP contribution in [0, 0.1) is 5.82 Å². The first-order valence-electron chi connectivity index (χ1n) is 10.7. The van der Waals surface area contributed by atoms with Crippen LogP contribution in [-0.4, -0.2) is 40.3 Å². The third-order valence-corrected chi connectivity index (χ3v) is 7.32. The minimum atomic E-state index is -0.324. The lowest BCUT2D eigenvalue weighted by Crippen LogP contribution is -2.38. The van der Waals surface area contributed by atoms with Crippen LogP contribution >= 0.6 is 11.8 Å². The Bertz CT molecular complexity index is 958. The van der Waals surface area contributed by atoms with Gasteiger partial charge in [0.15, 0.2) is 5.12 Å². The topological polar surface area (TPSA) is 59.5 Å². The Morgan fingerprint density at radius 3 is 2.58 bits per heavy atom. The van der Waals surface area contributed by atoms with Gasteiger partial charge in [-0.05, 0) is 55.2 Å². The van der Waals surface area contributed by atoms with Gasteiger partial charge in [-0.1, -0.05) is 17.8 Å². The summed E-state index contributed by atoms with van der Waals surface area (Å²) < 4.78 is 19.3. The van der Waals surface area contributed by atoms with E-state index in [1.165, 1.54) is 30.3 Å². The van der Waals surface area contributed by atoms with Gasteiger partial charge in [0.25, 0.3) is 0 Å². The predicted molar refractivity (Wildman–Crippen MR) is 120 cm³/mol. The van der Waals surface area contributed by atoms with Crippen LogP contribution in [-0.2, 0) is 16.0 Å². The van der Waals surface area contributed by atoms with Crippen molar-refractivity contribution in [2.24, 2.45) is 0 Å². The average molecular weight is 443 g/mol. The lowest BCUT2D eigenvalue weighted by molar-refractivity contribution is -0.117. The number of carbonyl (C=O) groups is 2. The molecule has 7 heteroatoms. The molecule has 2 atom stereocenters. The van der Waals surface area contributed by atoms with Gasteiger partial charge in [0, 0.05) is 38.8 Å². The fourth-order valence-corrected chi connectivity index (χ4v) is 5.56. The molecule has 0 N–H and O–H groups in total. The van der Waals surface area contributed by atoms with Crippen LogP contribution in [0.1, 0.15) is 50.2 Å². The van der Waals surface area contributed by atoms with Crippen LogP contribution < -0.4 is 9.64 Å². The number of carbonyl (C=O) groups excluding carboxylic acids is 2. The molecule has 0 radical (unpaired) electrons. The first kappa shape index (κ1) is 21.8. The maximum atomic E-state index is 13.1. The van der Waals surface area contributed by atoms with E-state index in [1.54, 1.807) is 13.0 Å². The number of ether oxygens (including phenoxy) is 1. The maximum absolute atomic E-state index is 13.1. The largest absolute Gasteiger partial charge is 0.490 e. The minimum Gasteiger partial charge on any atom is -0.490 e. The van der Waals surface area contributed by atoms with Gasteiger partial charge in [0.2, 0.25) is 0 Å². The van der Waals surface area contributed by atoms with E-state index in [1.807, 2.05) is 6.07 Å². The molecule has 5 nitrogen and oxygen atoms in total. The Labute approximate surface area is 186 Å². The molecule has 1 aliphatic carbocycles. The number of benzene rings is 1. The molecule has 2 heterocycles. The fourth-order valence-electron chi connectivity index (χ4n) is 4.59. The summed E-state index contributed by atoms with van der Waals surface area (Å²) in [7, 11) is 0. The number of fused-ring (bicyclic) bond motifs is 1. The number of hydrogen-bond acceptors (Lipinski definition) is 6. The second kappa shape index (κ2) is 9.39. The van der Waals surface area contributed by atoms with Crippen LogP contribution in [0.5, 0.6) is 5.75 Å². The van der Waals surface area contributed by atoms with Crippen molar-refractivity contribution in [1.82, 2.24) is 4.98 Å². The molecule has 164 valence electrons. The number of aryl methyl sites for hydroxylation is 1. The second-order valence-electron chi connectivity index (χ2n) is 8.29. The molecule has 0 bridgehead atoms. The molecule has 1 aromatic heterocycles. The van der Waals surface area contributed by atoms with E-state index >= 15 is 0 Å². The van der Waals surface area contributed by atoms with Crippen LogP contribution in [0.4, 0.5) is 10.2 Å². The molecule has 1 fully saturated rings. The minimum absolute atomic E-state index is 0.0178. The number of ketones is 1. The van der Waals surface area contributed by atoms with Crippen molar-refractivity contribution < 1.29 is 18.7 Å². The summed E-state index contributed by atoms with van der Waals surface area (Å²) >= 11 is 1.15. The number of thioether (sulfide) groups is 1. The van der Waals surface area contributed by atoms with Gasteiger partial charge in [0.05, 0.1) is 11.4 Å². The number of halogens is 1.